The normalized spacial score (nSPS) is 17.5. The van der Waals surface area contributed by atoms with Gasteiger partial charge in [-0.1, -0.05) is 5.57 Å². The van der Waals surface area contributed by atoms with E-state index >= 15 is 0 Å². The fraction of sp³-hybridized carbons (Fsp3) is 0.583. The largest absolute Gasteiger partial charge is 0.386 e. The van der Waals surface area contributed by atoms with Crippen LogP contribution in [0.1, 0.15) is 33.6 Å². The van der Waals surface area contributed by atoms with Gasteiger partial charge in [-0.2, -0.15) is 0 Å². The maximum absolute atomic E-state index is 11.6. The Morgan fingerprint density at radius 3 is 2.53 bits per heavy atom. The Morgan fingerprint density at radius 2 is 2.07 bits per heavy atom. The van der Waals surface area contributed by atoms with Crippen molar-refractivity contribution in [1.29, 1.82) is 0 Å². The highest BCUT2D eigenvalue weighted by Crippen LogP contribution is 2.30. The SMILES string of the molecule is CNC(=O)C1=C(C)CCC(C(C)(C)O)=C1. The summed E-state index contributed by atoms with van der Waals surface area (Å²) in [4.78, 5) is 11.6. The van der Waals surface area contributed by atoms with Crippen LogP contribution >= 0.6 is 0 Å². The summed E-state index contributed by atoms with van der Waals surface area (Å²) in [5.74, 6) is -0.0750. The topological polar surface area (TPSA) is 49.3 Å². The lowest BCUT2D eigenvalue weighted by molar-refractivity contribution is -0.116. The van der Waals surface area contributed by atoms with E-state index in [1.165, 1.54) is 0 Å². The van der Waals surface area contributed by atoms with Crippen LogP contribution in [0, 0.1) is 0 Å². The van der Waals surface area contributed by atoms with E-state index in [1.807, 2.05) is 13.0 Å². The van der Waals surface area contributed by atoms with E-state index in [9.17, 15) is 9.90 Å². The van der Waals surface area contributed by atoms with E-state index in [0.717, 1.165) is 24.0 Å². The van der Waals surface area contributed by atoms with Gasteiger partial charge in [0.05, 0.1) is 5.60 Å². The molecule has 3 heteroatoms. The van der Waals surface area contributed by atoms with Crippen LogP contribution in [-0.2, 0) is 4.79 Å². The molecule has 0 aromatic heterocycles. The van der Waals surface area contributed by atoms with Crippen molar-refractivity contribution in [3.63, 3.8) is 0 Å². The molecule has 0 fully saturated rings. The van der Waals surface area contributed by atoms with Gasteiger partial charge in [0.1, 0.15) is 0 Å². The van der Waals surface area contributed by atoms with Crippen molar-refractivity contribution >= 4 is 5.91 Å². The molecule has 1 aliphatic rings. The maximum atomic E-state index is 11.6. The average molecular weight is 209 g/mol. The fourth-order valence-electron chi connectivity index (χ4n) is 1.70. The Bertz CT molecular complexity index is 332. The van der Waals surface area contributed by atoms with Crippen molar-refractivity contribution in [2.45, 2.75) is 39.2 Å². The molecule has 0 atom stereocenters. The van der Waals surface area contributed by atoms with E-state index in [0.29, 0.717) is 5.57 Å². The second kappa shape index (κ2) is 4.19. The van der Waals surface area contributed by atoms with Gasteiger partial charge in [0, 0.05) is 12.6 Å². The van der Waals surface area contributed by atoms with E-state index in [1.54, 1.807) is 20.9 Å². The monoisotopic (exact) mass is 209 g/mol. The molecular formula is C12H19NO2. The third kappa shape index (κ3) is 2.69. The van der Waals surface area contributed by atoms with Crippen molar-refractivity contribution in [3.05, 3.63) is 22.8 Å². The van der Waals surface area contributed by atoms with Gasteiger partial charge >= 0.3 is 0 Å². The van der Waals surface area contributed by atoms with Crippen LogP contribution in [0.4, 0.5) is 0 Å². The smallest absolute Gasteiger partial charge is 0.250 e. The van der Waals surface area contributed by atoms with Gasteiger partial charge in [0.2, 0.25) is 0 Å². The number of carbonyl (C=O) groups is 1. The molecule has 0 spiro atoms. The summed E-state index contributed by atoms with van der Waals surface area (Å²) in [6.07, 6.45) is 3.49. The average Bonchev–Trinajstić information content (AvgIpc) is 2.15. The minimum absolute atomic E-state index is 0.0750. The molecule has 1 amide bonds. The molecule has 15 heavy (non-hydrogen) atoms. The first-order valence-corrected chi connectivity index (χ1v) is 5.21. The van der Waals surface area contributed by atoms with Crippen molar-refractivity contribution < 1.29 is 9.90 Å². The van der Waals surface area contributed by atoms with Gasteiger partial charge < -0.3 is 10.4 Å². The summed E-state index contributed by atoms with van der Waals surface area (Å²) in [6, 6.07) is 0. The Morgan fingerprint density at radius 1 is 1.47 bits per heavy atom. The Hall–Kier alpha value is -1.09. The molecule has 0 bridgehead atoms. The van der Waals surface area contributed by atoms with E-state index in [2.05, 4.69) is 5.32 Å². The number of likely N-dealkylation sites (N-methyl/N-ethyl adjacent to an activating group) is 1. The van der Waals surface area contributed by atoms with Gasteiger partial charge in [-0.05, 0) is 45.3 Å². The number of rotatable bonds is 2. The van der Waals surface area contributed by atoms with Crippen LogP contribution in [0.3, 0.4) is 0 Å². The highest BCUT2D eigenvalue weighted by molar-refractivity contribution is 5.97. The number of nitrogens with one attached hydrogen (secondary N) is 1. The van der Waals surface area contributed by atoms with Gasteiger partial charge in [0.15, 0.2) is 0 Å². The molecule has 1 aliphatic carbocycles. The van der Waals surface area contributed by atoms with E-state index in [4.69, 9.17) is 0 Å². The lowest BCUT2D eigenvalue weighted by Crippen LogP contribution is -2.27. The molecule has 0 radical (unpaired) electrons. The fourth-order valence-corrected chi connectivity index (χ4v) is 1.70. The number of hydrogen-bond donors (Lipinski definition) is 2. The first kappa shape index (κ1) is 12.0. The molecule has 0 aromatic carbocycles. The molecule has 3 nitrogen and oxygen atoms in total. The predicted molar refractivity (Wildman–Crippen MR) is 60.4 cm³/mol. The first-order chi connectivity index (χ1) is 6.86. The highest BCUT2D eigenvalue weighted by Gasteiger charge is 2.24. The third-order valence-corrected chi connectivity index (χ3v) is 2.81. The third-order valence-electron chi connectivity index (χ3n) is 2.81. The lowest BCUT2D eigenvalue weighted by Gasteiger charge is -2.26. The molecular weight excluding hydrogens is 190 g/mol. The van der Waals surface area contributed by atoms with Gasteiger partial charge in [-0.3, -0.25) is 4.79 Å². The van der Waals surface area contributed by atoms with Crippen LogP contribution in [-0.4, -0.2) is 23.7 Å². The molecule has 0 saturated carbocycles. The Balaban J connectivity index is 3.05. The van der Waals surface area contributed by atoms with Gasteiger partial charge in [-0.15, -0.1) is 0 Å². The summed E-state index contributed by atoms with van der Waals surface area (Å²) in [5.41, 5.74) is 1.87. The zero-order chi connectivity index (χ0) is 11.6. The van der Waals surface area contributed by atoms with Gasteiger partial charge in [0.25, 0.3) is 5.91 Å². The molecule has 0 unspecified atom stereocenters. The van der Waals surface area contributed by atoms with Crippen LogP contribution in [0.5, 0.6) is 0 Å². The standard InChI is InChI=1S/C12H19NO2/c1-8-5-6-9(12(2,3)15)7-10(8)11(14)13-4/h7,15H,5-6H2,1-4H3,(H,13,14). The molecule has 0 saturated heterocycles. The lowest BCUT2D eigenvalue weighted by atomic mass is 9.85. The zero-order valence-electron chi connectivity index (χ0n) is 9.85. The summed E-state index contributed by atoms with van der Waals surface area (Å²) in [5, 5.41) is 12.5. The molecule has 0 aromatic rings. The highest BCUT2D eigenvalue weighted by atomic mass is 16.3. The number of carbonyl (C=O) groups excluding carboxylic acids is 1. The Kier molecular flexibility index (Phi) is 3.35. The van der Waals surface area contributed by atoms with Crippen LogP contribution in [0.25, 0.3) is 0 Å². The number of aliphatic hydroxyl groups is 1. The minimum atomic E-state index is -0.833. The quantitative estimate of drug-likeness (QED) is 0.724. The summed E-state index contributed by atoms with van der Waals surface area (Å²) >= 11 is 0. The molecule has 1 rings (SSSR count). The summed E-state index contributed by atoms with van der Waals surface area (Å²) < 4.78 is 0. The maximum Gasteiger partial charge on any atom is 0.250 e. The number of amides is 1. The van der Waals surface area contributed by atoms with Crippen molar-refractivity contribution in [2.24, 2.45) is 0 Å². The van der Waals surface area contributed by atoms with Gasteiger partial charge in [-0.25, -0.2) is 0 Å². The zero-order valence-corrected chi connectivity index (χ0v) is 9.85. The molecule has 0 aliphatic heterocycles. The predicted octanol–water partition coefficient (Wildman–Crippen LogP) is 1.54. The molecule has 2 N–H and O–H groups in total. The van der Waals surface area contributed by atoms with Crippen LogP contribution in [0.15, 0.2) is 22.8 Å². The van der Waals surface area contributed by atoms with Crippen molar-refractivity contribution in [1.82, 2.24) is 5.32 Å². The molecule has 84 valence electrons. The second-order valence-electron chi connectivity index (χ2n) is 4.50. The van der Waals surface area contributed by atoms with E-state index < -0.39 is 5.60 Å². The Labute approximate surface area is 90.9 Å². The van der Waals surface area contributed by atoms with Crippen LogP contribution < -0.4 is 5.32 Å². The second-order valence-corrected chi connectivity index (χ2v) is 4.50. The van der Waals surface area contributed by atoms with E-state index in [-0.39, 0.29) is 5.91 Å². The first-order valence-electron chi connectivity index (χ1n) is 5.21. The van der Waals surface area contributed by atoms with Crippen molar-refractivity contribution in [3.8, 4) is 0 Å². The van der Waals surface area contributed by atoms with Crippen LogP contribution in [0.2, 0.25) is 0 Å². The number of allylic oxidation sites excluding steroid dienone is 1. The number of hydrogen-bond acceptors (Lipinski definition) is 2. The molecule has 0 heterocycles. The summed E-state index contributed by atoms with van der Waals surface area (Å²) in [6.45, 7) is 5.46. The minimum Gasteiger partial charge on any atom is -0.386 e. The van der Waals surface area contributed by atoms with Crippen molar-refractivity contribution in [2.75, 3.05) is 7.05 Å². The summed E-state index contributed by atoms with van der Waals surface area (Å²) in [7, 11) is 1.62.